The van der Waals surface area contributed by atoms with Gasteiger partial charge in [0.05, 0.1) is 18.1 Å². The van der Waals surface area contributed by atoms with Crippen LogP contribution in [0.15, 0.2) is 58.3 Å². The molecular formula is C19H18ClNO3S. The van der Waals surface area contributed by atoms with Crippen LogP contribution in [0.25, 0.3) is 6.08 Å². The maximum atomic E-state index is 11.9. The number of ether oxygens (including phenoxy) is 1. The van der Waals surface area contributed by atoms with Gasteiger partial charge in [-0.3, -0.25) is 4.79 Å². The Morgan fingerprint density at radius 1 is 1.32 bits per heavy atom. The topological polar surface area (TPSA) is 49.8 Å². The smallest absolute Gasteiger partial charge is 0.246 e. The fourth-order valence-electron chi connectivity index (χ4n) is 2.44. The number of carbonyl (C=O) groups is 1. The van der Waals surface area contributed by atoms with Gasteiger partial charge in [0.15, 0.2) is 0 Å². The van der Waals surface area contributed by atoms with Gasteiger partial charge in [0, 0.05) is 29.1 Å². The minimum absolute atomic E-state index is 0.117. The average Bonchev–Trinajstić information content (AvgIpc) is 2.58. The van der Waals surface area contributed by atoms with Crippen LogP contribution < -0.4 is 4.74 Å². The van der Waals surface area contributed by atoms with E-state index in [1.54, 1.807) is 29.8 Å². The second kappa shape index (κ2) is 7.95. The minimum atomic E-state index is -0.396. The molecule has 1 aliphatic rings. The largest absolute Gasteiger partial charge is 0.496 e. The van der Waals surface area contributed by atoms with Crippen LogP contribution in [0.4, 0.5) is 0 Å². The van der Waals surface area contributed by atoms with Crippen molar-refractivity contribution >= 4 is 35.3 Å². The van der Waals surface area contributed by atoms with E-state index in [2.05, 4.69) is 0 Å². The first-order chi connectivity index (χ1) is 12.1. The van der Waals surface area contributed by atoms with Crippen LogP contribution >= 0.6 is 23.4 Å². The molecule has 1 heterocycles. The molecule has 6 heteroatoms. The summed E-state index contributed by atoms with van der Waals surface area (Å²) in [6.45, 7) is 0.788. The number of methoxy groups -OCH3 is 1. The van der Waals surface area contributed by atoms with Gasteiger partial charge in [-0.25, -0.2) is 0 Å². The Labute approximate surface area is 156 Å². The number of hydrogen-bond acceptors (Lipinski definition) is 4. The molecule has 0 unspecified atom stereocenters. The van der Waals surface area contributed by atoms with Gasteiger partial charge >= 0.3 is 0 Å². The lowest BCUT2D eigenvalue weighted by atomic mass is 10.1. The van der Waals surface area contributed by atoms with E-state index in [9.17, 15) is 9.90 Å². The fraction of sp³-hybridized carbons (Fsp3) is 0.211. The van der Waals surface area contributed by atoms with Gasteiger partial charge in [0.25, 0.3) is 0 Å². The number of benzene rings is 2. The molecule has 2 aromatic rings. The SMILES string of the molecule is COc1ccccc1Sc1ccc(C=CC(=O)N2CC(O)C2)c(Cl)c1. The van der Waals surface area contributed by atoms with E-state index in [-0.39, 0.29) is 5.91 Å². The van der Waals surface area contributed by atoms with Gasteiger partial charge in [-0.1, -0.05) is 41.6 Å². The molecule has 1 N–H and O–H groups in total. The van der Waals surface area contributed by atoms with Crippen molar-refractivity contribution in [3.63, 3.8) is 0 Å². The summed E-state index contributed by atoms with van der Waals surface area (Å²) in [5.41, 5.74) is 0.778. The highest BCUT2D eigenvalue weighted by atomic mass is 35.5. The molecule has 0 saturated carbocycles. The second-order valence-corrected chi connectivity index (χ2v) is 7.19. The Morgan fingerprint density at radius 3 is 2.76 bits per heavy atom. The van der Waals surface area contributed by atoms with Crippen molar-refractivity contribution in [2.45, 2.75) is 15.9 Å². The van der Waals surface area contributed by atoms with Gasteiger partial charge in [-0.05, 0) is 35.9 Å². The Morgan fingerprint density at radius 2 is 2.08 bits per heavy atom. The highest BCUT2D eigenvalue weighted by Crippen LogP contribution is 2.36. The third-order valence-electron chi connectivity index (χ3n) is 3.85. The predicted octanol–water partition coefficient (Wildman–Crippen LogP) is 3.72. The first kappa shape index (κ1) is 17.9. The van der Waals surface area contributed by atoms with E-state index in [4.69, 9.17) is 16.3 Å². The maximum Gasteiger partial charge on any atom is 0.246 e. The number of hydrogen-bond donors (Lipinski definition) is 1. The summed E-state index contributed by atoms with van der Waals surface area (Å²) < 4.78 is 5.36. The summed E-state index contributed by atoms with van der Waals surface area (Å²) >= 11 is 7.91. The average molecular weight is 376 g/mol. The summed E-state index contributed by atoms with van der Waals surface area (Å²) in [5.74, 6) is 0.698. The molecule has 1 fully saturated rings. The minimum Gasteiger partial charge on any atom is -0.496 e. The third kappa shape index (κ3) is 4.37. The van der Waals surface area contributed by atoms with E-state index in [1.807, 2.05) is 42.5 Å². The van der Waals surface area contributed by atoms with E-state index in [0.717, 1.165) is 21.1 Å². The zero-order valence-electron chi connectivity index (χ0n) is 13.7. The normalized spacial score (nSPS) is 14.6. The van der Waals surface area contributed by atoms with E-state index < -0.39 is 6.10 Å². The molecule has 0 aromatic heterocycles. The number of β-amino-alcohol motifs (C(OH)–C–C–N with tert-alkyl or cyclic N) is 1. The zero-order valence-corrected chi connectivity index (χ0v) is 15.3. The highest BCUT2D eigenvalue weighted by molar-refractivity contribution is 7.99. The first-order valence-corrected chi connectivity index (χ1v) is 9.02. The van der Waals surface area contributed by atoms with Crippen LogP contribution in [-0.4, -0.2) is 42.2 Å². The third-order valence-corrected chi connectivity index (χ3v) is 5.22. The van der Waals surface area contributed by atoms with Crippen molar-refractivity contribution in [3.8, 4) is 5.75 Å². The Hall–Kier alpha value is -1.95. The summed E-state index contributed by atoms with van der Waals surface area (Å²) in [6, 6.07) is 13.5. The van der Waals surface area contributed by atoms with Crippen molar-refractivity contribution < 1.29 is 14.6 Å². The van der Waals surface area contributed by atoms with Crippen molar-refractivity contribution in [3.05, 3.63) is 59.1 Å². The number of aliphatic hydroxyl groups is 1. The number of likely N-dealkylation sites (tertiary alicyclic amines) is 1. The first-order valence-electron chi connectivity index (χ1n) is 7.82. The molecule has 1 aliphatic heterocycles. The molecule has 0 radical (unpaired) electrons. The zero-order chi connectivity index (χ0) is 17.8. The Kier molecular flexibility index (Phi) is 5.68. The number of halogens is 1. The second-order valence-electron chi connectivity index (χ2n) is 5.67. The standard InChI is InChI=1S/C19H18ClNO3S/c1-24-17-4-2-3-5-18(17)25-15-8-6-13(16(20)10-15)7-9-19(23)21-11-14(22)12-21/h2-10,14,22H,11-12H2,1H3. The van der Waals surface area contributed by atoms with Gasteiger partial charge in [-0.2, -0.15) is 0 Å². The van der Waals surface area contributed by atoms with Crippen LogP contribution in [0, 0.1) is 0 Å². The van der Waals surface area contributed by atoms with Crippen molar-refractivity contribution in [1.82, 2.24) is 4.90 Å². The predicted molar refractivity (Wildman–Crippen MR) is 100 cm³/mol. The number of nitrogens with zero attached hydrogens (tertiary/aromatic N) is 1. The van der Waals surface area contributed by atoms with Crippen molar-refractivity contribution in [1.29, 1.82) is 0 Å². The van der Waals surface area contributed by atoms with E-state index in [0.29, 0.717) is 18.1 Å². The fourth-order valence-corrected chi connectivity index (χ4v) is 3.71. The van der Waals surface area contributed by atoms with Crippen molar-refractivity contribution in [2.75, 3.05) is 20.2 Å². The molecule has 0 bridgehead atoms. The van der Waals surface area contributed by atoms with Crippen LogP contribution in [0.1, 0.15) is 5.56 Å². The van der Waals surface area contributed by atoms with Gasteiger partial charge in [0.2, 0.25) is 5.91 Å². The van der Waals surface area contributed by atoms with Crippen LogP contribution in [0.5, 0.6) is 5.75 Å². The van der Waals surface area contributed by atoms with Crippen molar-refractivity contribution in [2.24, 2.45) is 0 Å². The van der Waals surface area contributed by atoms with E-state index in [1.165, 1.54) is 6.08 Å². The molecule has 1 saturated heterocycles. The number of aliphatic hydroxyl groups excluding tert-OH is 1. The molecule has 3 rings (SSSR count). The molecule has 130 valence electrons. The molecule has 25 heavy (non-hydrogen) atoms. The monoisotopic (exact) mass is 375 g/mol. The lowest BCUT2D eigenvalue weighted by Gasteiger charge is -2.34. The van der Waals surface area contributed by atoms with Crippen LogP contribution in [0.2, 0.25) is 5.02 Å². The van der Waals surface area contributed by atoms with Crippen LogP contribution in [0.3, 0.4) is 0 Å². The van der Waals surface area contributed by atoms with Gasteiger partial charge in [-0.15, -0.1) is 0 Å². The lowest BCUT2D eigenvalue weighted by molar-refractivity contribution is -0.135. The van der Waals surface area contributed by atoms with Crippen LogP contribution in [-0.2, 0) is 4.79 Å². The molecule has 0 aliphatic carbocycles. The summed E-state index contributed by atoms with van der Waals surface area (Å²) in [5, 5.41) is 9.81. The Bertz CT molecular complexity index is 803. The molecule has 1 amide bonds. The molecule has 0 spiro atoms. The molecule has 0 atom stereocenters. The number of rotatable bonds is 5. The number of para-hydroxylation sites is 1. The Balaban J connectivity index is 1.69. The maximum absolute atomic E-state index is 11.9. The van der Waals surface area contributed by atoms with E-state index >= 15 is 0 Å². The summed E-state index contributed by atoms with van der Waals surface area (Å²) in [4.78, 5) is 15.5. The summed E-state index contributed by atoms with van der Waals surface area (Å²) in [7, 11) is 1.65. The number of amides is 1. The lowest BCUT2D eigenvalue weighted by Crippen LogP contribution is -2.52. The summed E-state index contributed by atoms with van der Waals surface area (Å²) in [6.07, 6.45) is 2.79. The molecule has 2 aromatic carbocycles. The van der Waals surface area contributed by atoms with Gasteiger partial charge < -0.3 is 14.7 Å². The quantitative estimate of drug-likeness (QED) is 0.809. The molecule has 4 nitrogen and oxygen atoms in total. The van der Waals surface area contributed by atoms with Gasteiger partial charge in [0.1, 0.15) is 5.75 Å². The highest BCUT2D eigenvalue weighted by Gasteiger charge is 2.27. The molecular weight excluding hydrogens is 358 g/mol. The number of carbonyl (C=O) groups excluding carboxylic acids is 1.